The second-order valence-electron chi connectivity index (χ2n) is 7.01. The van der Waals surface area contributed by atoms with Gasteiger partial charge in [0.25, 0.3) is 0 Å². The van der Waals surface area contributed by atoms with Gasteiger partial charge in [-0.25, -0.2) is 9.97 Å². The summed E-state index contributed by atoms with van der Waals surface area (Å²) >= 11 is 0. The lowest BCUT2D eigenvalue weighted by atomic mass is 10.1. The van der Waals surface area contributed by atoms with Gasteiger partial charge in [0.1, 0.15) is 5.82 Å². The lowest BCUT2D eigenvalue weighted by Crippen LogP contribution is -2.41. The molecule has 3 heterocycles. The van der Waals surface area contributed by atoms with Crippen LogP contribution in [0.15, 0.2) is 55.2 Å². The Morgan fingerprint density at radius 3 is 2.68 bits per heavy atom. The van der Waals surface area contributed by atoms with Crippen molar-refractivity contribution in [2.75, 3.05) is 30.8 Å². The molecule has 28 heavy (non-hydrogen) atoms. The van der Waals surface area contributed by atoms with Crippen molar-refractivity contribution in [3.05, 3.63) is 60.8 Å². The van der Waals surface area contributed by atoms with E-state index < -0.39 is 0 Å². The van der Waals surface area contributed by atoms with Crippen LogP contribution in [0.5, 0.6) is 0 Å². The first kappa shape index (κ1) is 18.4. The second-order valence-corrected chi connectivity index (χ2v) is 7.01. The Kier molecular flexibility index (Phi) is 5.23. The summed E-state index contributed by atoms with van der Waals surface area (Å²) in [5, 5.41) is 3.70. The minimum absolute atomic E-state index is 0.0730. The van der Waals surface area contributed by atoms with Crippen molar-refractivity contribution in [3.8, 4) is 5.69 Å². The maximum atomic E-state index is 5.73. The number of nitrogens with two attached hydrogens (primary N) is 1. The van der Waals surface area contributed by atoms with E-state index in [0.717, 1.165) is 24.6 Å². The van der Waals surface area contributed by atoms with Crippen molar-refractivity contribution < 1.29 is 4.74 Å². The largest absolute Gasteiger partial charge is 0.378 e. The zero-order valence-electron chi connectivity index (χ0n) is 16.1. The molecule has 1 aliphatic rings. The van der Waals surface area contributed by atoms with E-state index in [4.69, 9.17) is 10.5 Å². The van der Waals surface area contributed by atoms with E-state index in [9.17, 15) is 0 Å². The zero-order valence-corrected chi connectivity index (χ0v) is 16.1. The number of ether oxygens (including phenoxy) is 1. The van der Waals surface area contributed by atoms with Crippen LogP contribution in [0.2, 0.25) is 0 Å². The van der Waals surface area contributed by atoms with Crippen LogP contribution in [0.1, 0.15) is 18.5 Å². The van der Waals surface area contributed by atoms with Gasteiger partial charge in [-0.2, -0.15) is 4.98 Å². The number of nitrogens with zero attached hydrogens (tertiary/aromatic N) is 5. The summed E-state index contributed by atoms with van der Waals surface area (Å²) in [4.78, 5) is 14.6. The topological polar surface area (TPSA) is 94.1 Å². The molecule has 1 fully saturated rings. The van der Waals surface area contributed by atoms with Gasteiger partial charge < -0.3 is 25.3 Å². The molecule has 0 radical (unpaired) electrons. The number of hydrogen-bond acceptors (Lipinski definition) is 7. The van der Waals surface area contributed by atoms with Crippen molar-refractivity contribution in [3.63, 3.8) is 0 Å². The molecule has 0 saturated carbocycles. The summed E-state index contributed by atoms with van der Waals surface area (Å²) in [6.07, 6.45) is 7.27. The predicted molar refractivity (Wildman–Crippen MR) is 108 cm³/mol. The number of anilines is 2. The maximum Gasteiger partial charge on any atom is 0.221 e. The van der Waals surface area contributed by atoms with E-state index in [0.29, 0.717) is 0 Å². The van der Waals surface area contributed by atoms with Gasteiger partial charge in [-0.15, -0.1) is 0 Å². The van der Waals surface area contributed by atoms with Gasteiger partial charge >= 0.3 is 0 Å². The molecule has 3 atom stereocenters. The highest BCUT2D eigenvalue weighted by Gasteiger charge is 2.34. The molecule has 8 nitrogen and oxygen atoms in total. The van der Waals surface area contributed by atoms with E-state index in [-0.39, 0.29) is 24.1 Å². The lowest BCUT2D eigenvalue weighted by Gasteiger charge is -2.23. The number of aromatic nitrogens is 4. The molecule has 1 saturated heterocycles. The minimum Gasteiger partial charge on any atom is -0.378 e. The molecule has 8 heteroatoms. The van der Waals surface area contributed by atoms with E-state index >= 15 is 0 Å². The molecule has 3 aromatic rings. The molecule has 0 aliphatic carbocycles. The summed E-state index contributed by atoms with van der Waals surface area (Å²) in [5.74, 6) is 1.12. The van der Waals surface area contributed by atoms with Crippen LogP contribution < -0.4 is 16.0 Å². The van der Waals surface area contributed by atoms with E-state index in [1.807, 2.05) is 16.8 Å². The first-order chi connectivity index (χ1) is 13.6. The molecule has 3 N–H and O–H groups in total. The fraction of sp³-hybridized carbons (Fsp3) is 0.350. The molecule has 0 spiro atoms. The number of nitrogen functional groups attached to an aromatic ring is 1. The summed E-state index contributed by atoms with van der Waals surface area (Å²) in [6.45, 7) is 3.73. The highest BCUT2D eigenvalue weighted by Crippen LogP contribution is 2.23. The Hall–Kier alpha value is -2.97. The fourth-order valence-electron chi connectivity index (χ4n) is 3.66. The van der Waals surface area contributed by atoms with Gasteiger partial charge in [0.2, 0.25) is 5.95 Å². The van der Waals surface area contributed by atoms with E-state index in [2.05, 4.69) is 56.4 Å². The number of imidazole rings is 1. The molecular formula is C20H25N7O. The van der Waals surface area contributed by atoms with Crippen LogP contribution in [-0.4, -0.2) is 51.9 Å². The molecule has 4 rings (SSSR count). The van der Waals surface area contributed by atoms with Gasteiger partial charge in [0.05, 0.1) is 18.5 Å². The average molecular weight is 379 g/mol. The standard InChI is InChI=1S/C20H25N7O/c1-14(15-3-5-16(6-4-15)26-10-9-22-13-26)24-17-11-27(12-18(17)28-2)19-7-8-23-20(21)25-19/h3-10,13-14,17-18,24H,11-12H2,1-2H3,(H2,21,23,25)/t14?,17-,18+/m0/s1. The molecular weight excluding hydrogens is 354 g/mol. The van der Waals surface area contributed by atoms with E-state index in [1.165, 1.54) is 5.56 Å². The number of rotatable bonds is 6. The summed E-state index contributed by atoms with van der Waals surface area (Å²) in [5.41, 5.74) is 8.05. The Balaban J connectivity index is 1.43. The normalized spacial score (nSPS) is 20.4. The molecule has 2 aromatic heterocycles. The van der Waals surface area contributed by atoms with Crippen LogP contribution in [0.4, 0.5) is 11.8 Å². The Labute approximate surface area is 164 Å². The third-order valence-electron chi connectivity index (χ3n) is 5.21. The molecule has 0 amide bonds. The Morgan fingerprint density at radius 1 is 1.18 bits per heavy atom. The third kappa shape index (κ3) is 3.83. The van der Waals surface area contributed by atoms with Gasteiger partial charge in [0.15, 0.2) is 0 Å². The zero-order chi connectivity index (χ0) is 19.5. The summed E-state index contributed by atoms with van der Waals surface area (Å²) in [7, 11) is 1.75. The molecule has 146 valence electrons. The van der Waals surface area contributed by atoms with Crippen LogP contribution in [-0.2, 0) is 4.74 Å². The molecule has 1 aromatic carbocycles. The molecule has 1 unspecified atom stereocenters. The number of methoxy groups -OCH3 is 1. The van der Waals surface area contributed by atoms with Gasteiger partial charge in [-0.05, 0) is 30.7 Å². The fourth-order valence-corrected chi connectivity index (χ4v) is 3.66. The SMILES string of the molecule is CO[C@@H]1CN(c2ccnc(N)n2)C[C@@H]1NC(C)c1ccc(-n2ccnc2)cc1. The summed E-state index contributed by atoms with van der Waals surface area (Å²) in [6, 6.07) is 10.8. The summed E-state index contributed by atoms with van der Waals surface area (Å²) < 4.78 is 7.71. The molecule has 1 aliphatic heterocycles. The first-order valence-electron chi connectivity index (χ1n) is 9.34. The number of nitrogens with one attached hydrogen (secondary N) is 1. The Morgan fingerprint density at radius 2 is 2.00 bits per heavy atom. The third-order valence-corrected chi connectivity index (χ3v) is 5.21. The number of benzene rings is 1. The van der Waals surface area contributed by atoms with Crippen molar-refractivity contribution >= 4 is 11.8 Å². The van der Waals surface area contributed by atoms with E-state index in [1.54, 1.807) is 25.8 Å². The van der Waals surface area contributed by atoms with Gasteiger partial charge in [-0.3, -0.25) is 0 Å². The number of hydrogen-bond donors (Lipinski definition) is 2. The highest BCUT2D eigenvalue weighted by atomic mass is 16.5. The van der Waals surface area contributed by atoms with Crippen molar-refractivity contribution in [1.29, 1.82) is 0 Å². The lowest BCUT2D eigenvalue weighted by molar-refractivity contribution is 0.0938. The monoisotopic (exact) mass is 379 g/mol. The van der Waals surface area contributed by atoms with Gasteiger partial charge in [0, 0.05) is 50.5 Å². The van der Waals surface area contributed by atoms with Crippen LogP contribution in [0, 0.1) is 0 Å². The van der Waals surface area contributed by atoms with Crippen molar-refractivity contribution in [1.82, 2.24) is 24.8 Å². The van der Waals surface area contributed by atoms with Crippen LogP contribution >= 0.6 is 0 Å². The smallest absolute Gasteiger partial charge is 0.221 e. The van der Waals surface area contributed by atoms with Crippen LogP contribution in [0.3, 0.4) is 0 Å². The van der Waals surface area contributed by atoms with Crippen molar-refractivity contribution in [2.24, 2.45) is 0 Å². The average Bonchev–Trinajstić information content (AvgIpc) is 3.38. The van der Waals surface area contributed by atoms with Crippen LogP contribution in [0.25, 0.3) is 5.69 Å². The minimum atomic E-state index is 0.0730. The quantitative estimate of drug-likeness (QED) is 0.674. The van der Waals surface area contributed by atoms with Gasteiger partial charge in [-0.1, -0.05) is 12.1 Å². The molecule has 0 bridgehead atoms. The van der Waals surface area contributed by atoms with Crippen molar-refractivity contribution in [2.45, 2.75) is 25.1 Å². The second kappa shape index (κ2) is 7.95. The maximum absolute atomic E-state index is 5.73. The Bertz CT molecular complexity index is 897. The highest BCUT2D eigenvalue weighted by molar-refractivity contribution is 5.43. The first-order valence-corrected chi connectivity index (χ1v) is 9.34. The predicted octanol–water partition coefficient (Wildman–Crippen LogP) is 1.80.